The van der Waals surface area contributed by atoms with E-state index in [1.807, 2.05) is 24.5 Å². The van der Waals surface area contributed by atoms with Crippen LogP contribution in [0.25, 0.3) is 5.69 Å². The zero-order valence-corrected chi connectivity index (χ0v) is 14.9. The second-order valence-corrected chi connectivity index (χ2v) is 7.04. The van der Waals surface area contributed by atoms with Gasteiger partial charge in [0.15, 0.2) is 0 Å². The number of nitrogens with zero attached hydrogens (tertiary/aromatic N) is 1. The maximum Gasteiger partial charge on any atom is 0.218 e. The van der Waals surface area contributed by atoms with Crippen LogP contribution in [0, 0.1) is 19.7 Å². The van der Waals surface area contributed by atoms with Crippen LogP contribution in [-0.2, 0) is 0 Å². The highest BCUT2D eigenvalue weighted by Gasteiger charge is 2.22. The third-order valence-corrected chi connectivity index (χ3v) is 5.15. The molecule has 1 aliphatic rings. The SMILES string of the molecule is Cc1cc(C(=O)C[NH+]2CCCCC2)c(C)n1-c1ccc(F)c(Cl)c1. The number of benzene rings is 1. The molecule has 1 fully saturated rings. The number of rotatable bonds is 4. The highest BCUT2D eigenvalue weighted by molar-refractivity contribution is 6.30. The lowest BCUT2D eigenvalue weighted by Gasteiger charge is -2.22. The number of hydrogen-bond donors (Lipinski definition) is 1. The minimum absolute atomic E-state index is 0.0886. The number of ketones is 1. The van der Waals surface area contributed by atoms with Crippen LogP contribution < -0.4 is 4.90 Å². The third kappa shape index (κ3) is 3.40. The minimum atomic E-state index is -0.437. The van der Waals surface area contributed by atoms with E-state index in [4.69, 9.17) is 11.6 Å². The van der Waals surface area contributed by atoms with Crippen LogP contribution in [-0.4, -0.2) is 30.0 Å². The van der Waals surface area contributed by atoms with Crippen LogP contribution in [0.2, 0.25) is 5.02 Å². The van der Waals surface area contributed by atoms with E-state index >= 15 is 0 Å². The molecule has 128 valence electrons. The van der Waals surface area contributed by atoms with Crippen LogP contribution in [0.15, 0.2) is 24.3 Å². The van der Waals surface area contributed by atoms with Gasteiger partial charge in [0.05, 0.1) is 18.1 Å². The maximum absolute atomic E-state index is 13.4. The standard InChI is InChI=1S/C19H22ClFN2O/c1-13-10-16(19(24)12-22-8-4-3-5-9-22)14(2)23(13)15-6-7-18(21)17(20)11-15/h6-7,10-11H,3-5,8-9,12H2,1-2H3/p+1. The Morgan fingerprint density at radius 1 is 1.21 bits per heavy atom. The second kappa shape index (κ2) is 7.08. The van der Waals surface area contributed by atoms with Crippen LogP contribution in [0.5, 0.6) is 0 Å². The van der Waals surface area contributed by atoms with Gasteiger partial charge in [0.25, 0.3) is 0 Å². The van der Waals surface area contributed by atoms with Gasteiger partial charge in [-0.3, -0.25) is 4.79 Å². The van der Waals surface area contributed by atoms with Crippen LogP contribution in [0.1, 0.15) is 41.0 Å². The molecule has 0 atom stereocenters. The molecule has 1 aliphatic heterocycles. The average molecular weight is 350 g/mol. The second-order valence-electron chi connectivity index (χ2n) is 6.63. The molecule has 1 N–H and O–H groups in total. The first-order chi connectivity index (χ1) is 11.5. The Morgan fingerprint density at radius 3 is 2.58 bits per heavy atom. The molecule has 2 heterocycles. The third-order valence-electron chi connectivity index (χ3n) is 4.86. The number of quaternary nitrogens is 1. The Labute approximate surface area is 147 Å². The van der Waals surface area contributed by atoms with Crippen molar-refractivity contribution in [3.63, 3.8) is 0 Å². The predicted molar refractivity (Wildman–Crippen MR) is 94.0 cm³/mol. The van der Waals surface area contributed by atoms with Gasteiger partial charge in [-0.05, 0) is 57.4 Å². The van der Waals surface area contributed by atoms with E-state index in [0.29, 0.717) is 6.54 Å². The summed E-state index contributed by atoms with van der Waals surface area (Å²) in [6.45, 7) is 6.60. The summed E-state index contributed by atoms with van der Waals surface area (Å²) in [6, 6.07) is 6.57. The van der Waals surface area contributed by atoms with Gasteiger partial charge in [0, 0.05) is 22.6 Å². The maximum atomic E-state index is 13.4. The molecule has 0 radical (unpaired) electrons. The fraction of sp³-hybridized carbons (Fsp3) is 0.421. The molecule has 1 aromatic carbocycles. The van der Waals surface area contributed by atoms with Crippen molar-refractivity contribution in [1.82, 2.24) is 4.57 Å². The zero-order chi connectivity index (χ0) is 17.3. The summed E-state index contributed by atoms with van der Waals surface area (Å²) in [7, 11) is 0. The van der Waals surface area contributed by atoms with E-state index in [9.17, 15) is 9.18 Å². The molecular formula is C19H23ClFN2O+. The van der Waals surface area contributed by atoms with Crippen molar-refractivity contribution in [2.45, 2.75) is 33.1 Å². The molecule has 0 spiro atoms. The molecule has 3 nitrogen and oxygen atoms in total. The van der Waals surface area contributed by atoms with E-state index in [2.05, 4.69) is 0 Å². The molecule has 0 amide bonds. The van der Waals surface area contributed by atoms with Gasteiger partial charge in [-0.25, -0.2) is 4.39 Å². The lowest BCUT2D eigenvalue weighted by atomic mass is 10.1. The van der Waals surface area contributed by atoms with Gasteiger partial charge in [-0.1, -0.05) is 11.6 Å². The summed E-state index contributed by atoms with van der Waals surface area (Å²) >= 11 is 5.91. The Hall–Kier alpha value is -1.65. The number of Topliss-reactive ketones (excluding diaryl/α,β-unsaturated/α-hetero) is 1. The topological polar surface area (TPSA) is 26.4 Å². The summed E-state index contributed by atoms with van der Waals surface area (Å²) in [4.78, 5) is 14.1. The summed E-state index contributed by atoms with van der Waals surface area (Å²) in [6.07, 6.45) is 3.68. The molecule has 2 aromatic rings. The predicted octanol–water partition coefficient (Wildman–Crippen LogP) is 3.14. The molecule has 1 aromatic heterocycles. The summed E-state index contributed by atoms with van der Waals surface area (Å²) < 4.78 is 15.4. The molecule has 5 heteroatoms. The minimum Gasteiger partial charge on any atom is -0.328 e. The Balaban J connectivity index is 1.88. The highest BCUT2D eigenvalue weighted by atomic mass is 35.5. The van der Waals surface area contributed by atoms with Crippen molar-refractivity contribution >= 4 is 17.4 Å². The fourth-order valence-electron chi connectivity index (χ4n) is 3.62. The van der Waals surface area contributed by atoms with Crippen molar-refractivity contribution < 1.29 is 14.1 Å². The quantitative estimate of drug-likeness (QED) is 0.843. The summed E-state index contributed by atoms with van der Waals surface area (Å²) in [5.74, 6) is -0.257. The fourth-order valence-corrected chi connectivity index (χ4v) is 3.79. The molecular weight excluding hydrogens is 327 g/mol. The van der Waals surface area contributed by atoms with E-state index in [0.717, 1.165) is 35.7 Å². The number of hydrogen-bond acceptors (Lipinski definition) is 1. The van der Waals surface area contributed by atoms with Crippen LogP contribution in [0.3, 0.4) is 0 Å². The van der Waals surface area contributed by atoms with E-state index in [1.54, 1.807) is 12.1 Å². The first kappa shape index (κ1) is 17.2. The molecule has 0 unspecified atom stereocenters. The monoisotopic (exact) mass is 349 g/mol. The van der Waals surface area contributed by atoms with E-state index in [-0.39, 0.29) is 10.8 Å². The number of piperidine rings is 1. The lowest BCUT2D eigenvalue weighted by molar-refractivity contribution is -0.896. The Kier molecular flexibility index (Phi) is 5.07. The first-order valence-corrected chi connectivity index (χ1v) is 8.86. The van der Waals surface area contributed by atoms with Crippen molar-refractivity contribution in [3.8, 4) is 5.69 Å². The van der Waals surface area contributed by atoms with E-state index in [1.165, 1.54) is 30.2 Å². The number of carbonyl (C=O) groups excluding carboxylic acids is 1. The van der Waals surface area contributed by atoms with Gasteiger partial charge in [0.1, 0.15) is 12.4 Å². The summed E-state index contributed by atoms with van der Waals surface area (Å²) in [5.41, 5.74) is 3.37. The first-order valence-electron chi connectivity index (χ1n) is 8.48. The number of nitrogens with one attached hydrogen (secondary N) is 1. The number of aryl methyl sites for hydroxylation is 1. The Morgan fingerprint density at radius 2 is 1.92 bits per heavy atom. The number of halogens is 2. The van der Waals surface area contributed by atoms with Crippen molar-refractivity contribution in [1.29, 1.82) is 0 Å². The highest BCUT2D eigenvalue weighted by Crippen LogP contribution is 2.24. The lowest BCUT2D eigenvalue weighted by Crippen LogP contribution is -3.13. The van der Waals surface area contributed by atoms with Gasteiger partial charge in [-0.2, -0.15) is 0 Å². The molecule has 3 rings (SSSR count). The number of carbonyl (C=O) groups is 1. The molecule has 0 bridgehead atoms. The van der Waals surface area contributed by atoms with Gasteiger partial charge >= 0.3 is 0 Å². The largest absolute Gasteiger partial charge is 0.328 e. The van der Waals surface area contributed by atoms with Gasteiger partial charge in [-0.15, -0.1) is 0 Å². The summed E-state index contributed by atoms with van der Waals surface area (Å²) in [5, 5.41) is 0.0886. The average Bonchev–Trinajstić information content (AvgIpc) is 2.86. The molecule has 0 saturated carbocycles. The normalized spacial score (nSPS) is 15.7. The van der Waals surface area contributed by atoms with Crippen LogP contribution in [0.4, 0.5) is 4.39 Å². The van der Waals surface area contributed by atoms with Gasteiger partial charge < -0.3 is 9.47 Å². The molecule has 0 aliphatic carbocycles. The Bertz CT molecular complexity index is 763. The van der Waals surface area contributed by atoms with Crippen molar-refractivity contribution in [2.75, 3.05) is 19.6 Å². The van der Waals surface area contributed by atoms with Crippen molar-refractivity contribution in [2.24, 2.45) is 0 Å². The van der Waals surface area contributed by atoms with Crippen LogP contribution >= 0.6 is 11.6 Å². The smallest absolute Gasteiger partial charge is 0.218 e. The van der Waals surface area contributed by atoms with Gasteiger partial charge in [0.2, 0.25) is 5.78 Å². The molecule has 24 heavy (non-hydrogen) atoms. The van der Waals surface area contributed by atoms with E-state index < -0.39 is 5.82 Å². The number of likely N-dealkylation sites (tertiary alicyclic amines) is 1. The zero-order valence-electron chi connectivity index (χ0n) is 14.2. The van der Waals surface area contributed by atoms with Crippen molar-refractivity contribution in [3.05, 3.63) is 52.1 Å². The number of aromatic nitrogens is 1. The molecule has 1 saturated heterocycles.